The van der Waals surface area contributed by atoms with Crippen molar-refractivity contribution in [2.75, 3.05) is 20.1 Å². The van der Waals surface area contributed by atoms with Gasteiger partial charge < -0.3 is 10.0 Å². The smallest absolute Gasteiger partial charge is 0.157 e. The van der Waals surface area contributed by atoms with Crippen molar-refractivity contribution in [2.24, 2.45) is 0 Å². The first-order valence-electron chi connectivity index (χ1n) is 4.47. The van der Waals surface area contributed by atoms with Crippen LogP contribution in [0.15, 0.2) is 6.33 Å². The molecule has 0 aliphatic carbocycles. The number of nitrogens with zero attached hydrogens (tertiary/aromatic N) is 3. The van der Waals surface area contributed by atoms with Crippen LogP contribution in [0.4, 0.5) is 0 Å². The average Bonchev–Trinajstić information content (AvgIpc) is 2.55. The number of piperidine rings is 1. The molecular formula is C8H14N4O. The van der Waals surface area contributed by atoms with E-state index in [-0.39, 0.29) is 0 Å². The molecule has 0 saturated carbocycles. The molecule has 1 aliphatic rings. The minimum absolute atomic E-state index is 0.582. The number of likely N-dealkylation sites (tertiary alicyclic amines) is 1. The molecule has 1 aromatic heterocycles. The lowest BCUT2D eigenvalue weighted by Crippen LogP contribution is -2.44. The van der Waals surface area contributed by atoms with Gasteiger partial charge in [0.05, 0.1) is 0 Å². The number of aliphatic hydroxyl groups is 1. The Bertz CT molecular complexity index is 274. The third-order valence-electron chi connectivity index (χ3n) is 2.52. The summed E-state index contributed by atoms with van der Waals surface area (Å²) in [6.07, 6.45) is 3.18. The molecule has 5 heteroatoms. The van der Waals surface area contributed by atoms with Gasteiger partial charge in [0.25, 0.3) is 0 Å². The number of aromatic nitrogens is 3. The molecule has 2 rings (SSSR count). The van der Waals surface area contributed by atoms with Crippen molar-refractivity contribution in [1.29, 1.82) is 0 Å². The van der Waals surface area contributed by atoms with Gasteiger partial charge in [-0.3, -0.25) is 5.10 Å². The Morgan fingerprint density at radius 3 is 3.15 bits per heavy atom. The molecule has 1 fully saturated rings. The summed E-state index contributed by atoms with van der Waals surface area (Å²) in [4.78, 5) is 6.11. The molecule has 1 unspecified atom stereocenters. The molecular weight excluding hydrogens is 168 g/mol. The summed E-state index contributed by atoms with van der Waals surface area (Å²) in [7, 11) is 2.00. The maximum absolute atomic E-state index is 10.2. The molecule has 5 nitrogen and oxygen atoms in total. The highest BCUT2D eigenvalue weighted by Gasteiger charge is 2.36. The highest BCUT2D eigenvalue weighted by Crippen LogP contribution is 2.27. The molecule has 13 heavy (non-hydrogen) atoms. The van der Waals surface area contributed by atoms with Crippen molar-refractivity contribution >= 4 is 0 Å². The van der Waals surface area contributed by atoms with Crippen molar-refractivity contribution in [2.45, 2.75) is 18.4 Å². The van der Waals surface area contributed by atoms with Crippen molar-refractivity contribution in [3.05, 3.63) is 12.2 Å². The Kier molecular flexibility index (Phi) is 2.05. The number of H-pyrrole nitrogens is 1. The van der Waals surface area contributed by atoms with Crippen LogP contribution in [0, 0.1) is 0 Å². The molecule has 1 atom stereocenters. The number of hydrogen-bond acceptors (Lipinski definition) is 4. The summed E-state index contributed by atoms with van der Waals surface area (Å²) in [6.45, 7) is 1.67. The normalized spacial score (nSPS) is 30.6. The Morgan fingerprint density at radius 1 is 1.69 bits per heavy atom. The van der Waals surface area contributed by atoms with Gasteiger partial charge in [-0.1, -0.05) is 0 Å². The Morgan fingerprint density at radius 2 is 2.54 bits per heavy atom. The molecule has 1 aliphatic heterocycles. The molecule has 1 aromatic rings. The first-order chi connectivity index (χ1) is 6.21. The highest BCUT2D eigenvalue weighted by molar-refractivity contribution is 5.02. The lowest BCUT2D eigenvalue weighted by atomic mass is 9.92. The van der Waals surface area contributed by atoms with E-state index in [9.17, 15) is 5.11 Å². The minimum Gasteiger partial charge on any atom is -0.381 e. The number of hydrogen-bond donors (Lipinski definition) is 2. The monoisotopic (exact) mass is 182 g/mol. The topological polar surface area (TPSA) is 65.0 Å². The average molecular weight is 182 g/mol. The molecule has 0 radical (unpaired) electrons. The van der Waals surface area contributed by atoms with Crippen molar-refractivity contribution in [3.63, 3.8) is 0 Å². The summed E-state index contributed by atoms with van der Waals surface area (Å²) in [5.41, 5.74) is -0.830. The fourth-order valence-electron chi connectivity index (χ4n) is 1.87. The number of nitrogens with one attached hydrogen (secondary N) is 1. The van der Waals surface area contributed by atoms with Gasteiger partial charge in [-0.15, -0.1) is 0 Å². The van der Waals surface area contributed by atoms with Crippen LogP contribution in [0.25, 0.3) is 0 Å². The van der Waals surface area contributed by atoms with Gasteiger partial charge in [-0.05, 0) is 26.4 Å². The van der Waals surface area contributed by atoms with Gasteiger partial charge in [-0.25, -0.2) is 4.98 Å². The molecule has 0 amide bonds. The molecule has 0 aromatic carbocycles. The predicted octanol–water partition coefficient (Wildman–Crippen LogP) is -0.282. The van der Waals surface area contributed by atoms with Gasteiger partial charge in [0.1, 0.15) is 11.9 Å². The lowest BCUT2D eigenvalue weighted by molar-refractivity contribution is -0.0346. The second kappa shape index (κ2) is 3.08. The second-order valence-electron chi connectivity index (χ2n) is 3.71. The zero-order chi connectivity index (χ0) is 9.31. The number of rotatable bonds is 1. The first-order valence-corrected chi connectivity index (χ1v) is 4.47. The fraction of sp³-hybridized carbons (Fsp3) is 0.750. The molecule has 1 saturated heterocycles. The molecule has 72 valence electrons. The van der Waals surface area contributed by atoms with E-state index in [4.69, 9.17) is 0 Å². The fourth-order valence-corrected chi connectivity index (χ4v) is 1.87. The number of likely N-dealkylation sites (N-methyl/N-ethyl adjacent to an activating group) is 1. The Balaban J connectivity index is 2.20. The van der Waals surface area contributed by atoms with Gasteiger partial charge >= 0.3 is 0 Å². The maximum atomic E-state index is 10.2. The van der Waals surface area contributed by atoms with Crippen molar-refractivity contribution in [3.8, 4) is 0 Å². The quantitative estimate of drug-likeness (QED) is 0.627. The van der Waals surface area contributed by atoms with Crippen LogP contribution in [-0.2, 0) is 5.60 Å². The SMILES string of the molecule is CN1CCCC(O)(c2ncn[nH]2)C1. The van der Waals surface area contributed by atoms with E-state index in [1.165, 1.54) is 6.33 Å². The summed E-state index contributed by atoms with van der Waals surface area (Å²) in [5.74, 6) is 0.582. The predicted molar refractivity (Wildman–Crippen MR) is 47.0 cm³/mol. The highest BCUT2D eigenvalue weighted by atomic mass is 16.3. The molecule has 2 heterocycles. The van der Waals surface area contributed by atoms with E-state index in [0.717, 1.165) is 19.4 Å². The second-order valence-corrected chi connectivity index (χ2v) is 3.71. The minimum atomic E-state index is -0.830. The van der Waals surface area contributed by atoms with Crippen LogP contribution in [-0.4, -0.2) is 45.3 Å². The zero-order valence-corrected chi connectivity index (χ0v) is 7.69. The summed E-state index contributed by atoms with van der Waals surface area (Å²) >= 11 is 0. The Labute approximate surface area is 76.8 Å². The molecule has 0 bridgehead atoms. The van der Waals surface area contributed by atoms with Gasteiger partial charge in [0.15, 0.2) is 5.82 Å². The standard InChI is InChI=1S/C8H14N4O/c1-12-4-2-3-8(13,5-12)7-9-6-10-11-7/h6,13H,2-5H2,1H3,(H,9,10,11). The van der Waals surface area contributed by atoms with E-state index >= 15 is 0 Å². The van der Waals surface area contributed by atoms with Gasteiger partial charge in [-0.2, -0.15) is 5.10 Å². The van der Waals surface area contributed by atoms with E-state index in [0.29, 0.717) is 12.4 Å². The van der Waals surface area contributed by atoms with E-state index < -0.39 is 5.60 Å². The van der Waals surface area contributed by atoms with Crippen molar-refractivity contribution < 1.29 is 5.11 Å². The van der Waals surface area contributed by atoms with Gasteiger partial charge in [0, 0.05) is 6.54 Å². The third-order valence-corrected chi connectivity index (χ3v) is 2.52. The largest absolute Gasteiger partial charge is 0.381 e. The Hall–Kier alpha value is -0.940. The number of β-amino-alcohol motifs (C(OH)–C–C–N with tert-alkyl or cyclic N) is 1. The maximum Gasteiger partial charge on any atom is 0.157 e. The van der Waals surface area contributed by atoms with Crippen molar-refractivity contribution in [1.82, 2.24) is 20.1 Å². The van der Waals surface area contributed by atoms with Crippen LogP contribution in [0.2, 0.25) is 0 Å². The van der Waals surface area contributed by atoms with Gasteiger partial charge in [0.2, 0.25) is 0 Å². The molecule has 2 N–H and O–H groups in total. The first kappa shape index (κ1) is 8.65. The summed E-state index contributed by atoms with van der Waals surface area (Å²) in [6, 6.07) is 0. The van der Waals surface area contributed by atoms with Crippen LogP contribution >= 0.6 is 0 Å². The van der Waals surface area contributed by atoms with Crippen LogP contribution < -0.4 is 0 Å². The van der Waals surface area contributed by atoms with Crippen LogP contribution in [0.5, 0.6) is 0 Å². The van der Waals surface area contributed by atoms with E-state index in [1.807, 2.05) is 7.05 Å². The third kappa shape index (κ3) is 1.57. The van der Waals surface area contributed by atoms with E-state index in [2.05, 4.69) is 20.1 Å². The summed E-state index contributed by atoms with van der Waals surface area (Å²) in [5, 5.41) is 16.7. The summed E-state index contributed by atoms with van der Waals surface area (Å²) < 4.78 is 0. The molecule has 0 spiro atoms. The lowest BCUT2D eigenvalue weighted by Gasteiger charge is -2.35. The van der Waals surface area contributed by atoms with Crippen LogP contribution in [0.1, 0.15) is 18.7 Å². The van der Waals surface area contributed by atoms with Crippen LogP contribution in [0.3, 0.4) is 0 Å². The number of aromatic amines is 1. The van der Waals surface area contributed by atoms with E-state index in [1.54, 1.807) is 0 Å². The zero-order valence-electron chi connectivity index (χ0n) is 7.69.